The highest BCUT2D eigenvalue weighted by Crippen LogP contribution is 2.23. The third-order valence-corrected chi connectivity index (χ3v) is 6.54. The topological polar surface area (TPSA) is 92.8 Å². The molecular weight excluding hydrogens is 428 g/mol. The minimum Gasteiger partial charge on any atom is -0.452 e. The lowest BCUT2D eigenvalue weighted by molar-refractivity contribution is -0.119. The lowest BCUT2D eigenvalue weighted by Crippen LogP contribution is -2.27. The monoisotopic (exact) mass is 452 g/mol. The van der Waals surface area contributed by atoms with E-state index in [4.69, 9.17) is 4.74 Å². The van der Waals surface area contributed by atoms with Gasteiger partial charge in [-0.1, -0.05) is 35.9 Å². The normalized spacial score (nSPS) is 11.0. The van der Waals surface area contributed by atoms with Gasteiger partial charge in [-0.15, -0.1) is 0 Å². The number of rotatable bonds is 7. The summed E-state index contributed by atoms with van der Waals surface area (Å²) < 4.78 is 32.2. The third kappa shape index (κ3) is 5.53. The van der Waals surface area contributed by atoms with Crippen molar-refractivity contribution in [3.05, 3.63) is 89.5 Å². The molecule has 0 aliphatic carbocycles. The Morgan fingerprint density at radius 3 is 2.28 bits per heavy atom. The van der Waals surface area contributed by atoms with Crippen molar-refractivity contribution < 1.29 is 22.7 Å². The van der Waals surface area contributed by atoms with Gasteiger partial charge in [-0.3, -0.25) is 9.10 Å². The molecule has 0 aliphatic heterocycles. The van der Waals surface area contributed by atoms with E-state index in [-0.39, 0.29) is 10.5 Å². The SMILES string of the molecule is Cc1ccc(N(C)S(=O)(=O)c2cccc(C(=O)OCC(=O)Nc3cccc(C)c3)c2)cc1. The Bertz CT molecular complexity index is 1240. The summed E-state index contributed by atoms with van der Waals surface area (Å²) in [5.74, 6) is -1.29. The number of sulfonamides is 1. The van der Waals surface area contributed by atoms with Crippen LogP contribution < -0.4 is 9.62 Å². The largest absolute Gasteiger partial charge is 0.452 e. The molecule has 0 atom stereocenters. The summed E-state index contributed by atoms with van der Waals surface area (Å²) in [6.07, 6.45) is 0. The summed E-state index contributed by atoms with van der Waals surface area (Å²) in [5.41, 5.74) is 3.12. The Kier molecular flexibility index (Phi) is 6.95. The first-order valence-electron chi connectivity index (χ1n) is 9.86. The number of nitrogens with zero attached hydrogens (tertiary/aromatic N) is 1. The van der Waals surface area contributed by atoms with E-state index in [1.54, 1.807) is 30.3 Å². The van der Waals surface area contributed by atoms with Crippen molar-refractivity contribution in [2.45, 2.75) is 18.7 Å². The van der Waals surface area contributed by atoms with Crippen LogP contribution >= 0.6 is 0 Å². The van der Waals surface area contributed by atoms with Gasteiger partial charge in [0.1, 0.15) is 0 Å². The van der Waals surface area contributed by atoms with Crippen molar-refractivity contribution in [1.82, 2.24) is 0 Å². The standard InChI is InChI=1S/C24H24N2O5S/c1-17-10-12-21(13-11-17)26(3)32(29,30)22-9-5-7-19(15-22)24(28)31-16-23(27)25-20-8-4-6-18(2)14-20/h4-15H,16H2,1-3H3,(H,25,27). The number of hydrogen-bond donors (Lipinski definition) is 1. The minimum atomic E-state index is -3.89. The maximum Gasteiger partial charge on any atom is 0.338 e. The highest BCUT2D eigenvalue weighted by atomic mass is 32.2. The molecule has 0 fully saturated rings. The number of carbonyl (C=O) groups excluding carboxylic acids is 2. The average Bonchev–Trinajstić information content (AvgIpc) is 2.77. The third-order valence-electron chi connectivity index (χ3n) is 4.76. The van der Waals surface area contributed by atoms with Crippen LogP contribution in [0.4, 0.5) is 11.4 Å². The van der Waals surface area contributed by atoms with Crippen LogP contribution in [0.15, 0.2) is 77.7 Å². The molecular formula is C24H24N2O5S. The number of nitrogens with one attached hydrogen (secondary N) is 1. The van der Waals surface area contributed by atoms with E-state index in [0.717, 1.165) is 15.4 Å². The van der Waals surface area contributed by atoms with Gasteiger partial charge in [0.25, 0.3) is 15.9 Å². The van der Waals surface area contributed by atoms with Crippen LogP contribution in [0.25, 0.3) is 0 Å². The Balaban J connectivity index is 1.68. The van der Waals surface area contributed by atoms with E-state index < -0.39 is 28.5 Å². The summed E-state index contributed by atoms with van der Waals surface area (Å²) in [5, 5.41) is 2.64. The second kappa shape index (κ2) is 9.65. The minimum absolute atomic E-state index is 0.0340. The van der Waals surface area contributed by atoms with E-state index >= 15 is 0 Å². The average molecular weight is 453 g/mol. The molecule has 3 aromatic rings. The number of benzene rings is 3. The van der Waals surface area contributed by atoms with Crippen molar-refractivity contribution >= 4 is 33.3 Å². The molecule has 32 heavy (non-hydrogen) atoms. The zero-order valence-electron chi connectivity index (χ0n) is 18.0. The maximum absolute atomic E-state index is 13.0. The number of anilines is 2. The number of esters is 1. The Hall–Kier alpha value is -3.65. The summed E-state index contributed by atoms with van der Waals surface area (Å²) in [6.45, 7) is 3.31. The van der Waals surface area contributed by atoms with E-state index in [1.165, 1.54) is 31.3 Å². The van der Waals surface area contributed by atoms with Crippen LogP contribution in [0, 0.1) is 13.8 Å². The van der Waals surface area contributed by atoms with E-state index in [2.05, 4.69) is 5.32 Å². The fraction of sp³-hybridized carbons (Fsp3) is 0.167. The molecule has 0 bridgehead atoms. The van der Waals surface area contributed by atoms with Crippen LogP contribution in [-0.4, -0.2) is 33.9 Å². The molecule has 166 valence electrons. The highest BCUT2D eigenvalue weighted by Gasteiger charge is 2.23. The van der Waals surface area contributed by atoms with Gasteiger partial charge in [-0.2, -0.15) is 0 Å². The molecule has 0 aliphatic rings. The molecule has 1 amide bonds. The van der Waals surface area contributed by atoms with Crippen LogP contribution in [0.5, 0.6) is 0 Å². The van der Waals surface area contributed by atoms with Gasteiger partial charge in [0.05, 0.1) is 16.1 Å². The maximum atomic E-state index is 13.0. The zero-order valence-corrected chi connectivity index (χ0v) is 18.8. The summed E-state index contributed by atoms with van der Waals surface area (Å²) >= 11 is 0. The van der Waals surface area contributed by atoms with Gasteiger partial charge in [-0.25, -0.2) is 13.2 Å². The molecule has 0 heterocycles. The summed E-state index contributed by atoms with van der Waals surface area (Å²) in [7, 11) is -2.45. The van der Waals surface area contributed by atoms with Gasteiger partial charge < -0.3 is 10.1 Å². The van der Waals surface area contributed by atoms with Crippen molar-refractivity contribution in [3.8, 4) is 0 Å². The fourth-order valence-electron chi connectivity index (χ4n) is 2.97. The molecule has 0 saturated carbocycles. The molecule has 1 N–H and O–H groups in total. The molecule has 3 rings (SSSR count). The lowest BCUT2D eigenvalue weighted by Gasteiger charge is -2.20. The predicted molar refractivity (Wildman–Crippen MR) is 123 cm³/mol. The Morgan fingerprint density at radius 1 is 0.906 bits per heavy atom. The van der Waals surface area contributed by atoms with Crippen molar-refractivity contribution in [3.63, 3.8) is 0 Å². The van der Waals surface area contributed by atoms with Crippen LogP contribution in [0.2, 0.25) is 0 Å². The van der Waals surface area contributed by atoms with Crippen LogP contribution in [0.3, 0.4) is 0 Å². The van der Waals surface area contributed by atoms with Gasteiger partial charge in [-0.05, 0) is 61.9 Å². The number of carbonyl (C=O) groups is 2. The number of amides is 1. The molecule has 3 aromatic carbocycles. The Morgan fingerprint density at radius 2 is 1.59 bits per heavy atom. The number of aryl methyl sites for hydroxylation is 2. The first-order valence-corrected chi connectivity index (χ1v) is 11.3. The molecule has 0 saturated heterocycles. The van der Waals surface area contributed by atoms with Crippen molar-refractivity contribution in [2.75, 3.05) is 23.3 Å². The van der Waals surface area contributed by atoms with Gasteiger partial charge in [0.15, 0.2) is 6.61 Å². The zero-order chi connectivity index (χ0) is 23.3. The fourth-order valence-corrected chi connectivity index (χ4v) is 4.21. The van der Waals surface area contributed by atoms with Gasteiger partial charge in [0.2, 0.25) is 0 Å². The van der Waals surface area contributed by atoms with Gasteiger partial charge >= 0.3 is 5.97 Å². The lowest BCUT2D eigenvalue weighted by atomic mass is 10.2. The summed E-state index contributed by atoms with van der Waals surface area (Å²) in [6, 6.07) is 19.8. The first-order chi connectivity index (χ1) is 15.2. The summed E-state index contributed by atoms with van der Waals surface area (Å²) in [4.78, 5) is 24.4. The number of hydrogen-bond acceptors (Lipinski definition) is 5. The Labute approximate surface area is 187 Å². The van der Waals surface area contributed by atoms with E-state index in [1.807, 2.05) is 32.0 Å². The van der Waals surface area contributed by atoms with E-state index in [9.17, 15) is 18.0 Å². The molecule has 0 spiro atoms. The predicted octanol–water partition coefficient (Wildman–Crippen LogP) is 3.92. The first kappa shape index (κ1) is 23.0. The number of ether oxygens (including phenoxy) is 1. The van der Waals surface area contributed by atoms with E-state index in [0.29, 0.717) is 11.4 Å². The van der Waals surface area contributed by atoms with Crippen LogP contribution in [0.1, 0.15) is 21.5 Å². The smallest absolute Gasteiger partial charge is 0.338 e. The van der Waals surface area contributed by atoms with Crippen molar-refractivity contribution in [1.29, 1.82) is 0 Å². The molecule has 0 aromatic heterocycles. The van der Waals surface area contributed by atoms with Gasteiger partial charge in [0, 0.05) is 12.7 Å². The van der Waals surface area contributed by atoms with Crippen LogP contribution in [-0.2, 0) is 19.6 Å². The molecule has 0 radical (unpaired) electrons. The molecule has 8 heteroatoms. The second-order valence-corrected chi connectivity index (χ2v) is 9.30. The second-order valence-electron chi connectivity index (χ2n) is 7.33. The van der Waals surface area contributed by atoms with Crippen molar-refractivity contribution in [2.24, 2.45) is 0 Å². The molecule has 0 unspecified atom stereocenters. The molecule has 7 nitrogen and oxygen atoms in total. The highest BCUT2D eigenvalue weighted by molar-refractivity contribution is 7.92. The quantitative estimate of drug-likeness (QED) is 0.549.